The minimum atomic E-state index is -1.85. The van der Waals surface area contributed by atoms with Crippen molar-refractivity contribution in [2.24, 2.45) is 74.9 Å². The van der Waals surface area contributed by atoms with E-state index in [4.69, 9.17) is 34.4 Å². The maximum atomic E-state index is 14.5. The fourth-order valence-electron chi connectivity index (χ4n) is 11.9. The number of carboxylic acids is 2. The normalized spacial score (nSPS) is 15.4. The van der Waals surface area contributed by atoms with E-state index >= 15 is 0 Å². The number of aliphatic carboxylic acids is 2. The Morgan fingerprint density at radius 1 is 0.361 bits per heavy atom. The van der Waals surface area contributed by atoms with Crippen LogP contribution in [0.5, 0.6) is 0 Å². The number of unbranched alkanes of at least 4 members (excludes halogenated alkanes) is 2. The van der Waals surface area contributed by atoms with Crippen LogP contribution in [0.2, 0.25) is 0 Å². The number of primary amides is 1. The summed E-state index contributed by atoms with van der Waals surface area (Å²) < 4.78 is 0. The minimum Gasteiger partial charge on any atom is -0.481 e. The van der Waals surface area contributed by atoms with Gasteiger partial charge in [-0.3, -0.25) is 81.7 Å². The van der Waals surface area contributed by atoms with Gasteiger partial charge in [-0.05, 0) is 157 Å². The topological polar surface area (TPSA) is 708 Å². The summed E-state index contributed by atoms with van der Waals surface area (Å²) in [5, 5.41) is 75.6. The number of guanidine groups is 1. The lowest BCUT2D eigenvalue weighted by Gasteiger charge is -2.30. The Kier molecular flexibility index (Phi) is 53.6. The van der Waals surface area contributed by atoms with Crippen LogP contribution in [0.25, 0.3) is 0 Å². The first-order valence-corrected chi connectivity index (χ1v) is 42.0. The molecule has 0 aromatic rings. The predicted molar refractivity (Wildman–Crippen MR) is 444 cm³/mol. The van der Waals surface area contributed by atoms with Crippen molar-refractivity contribution >= 4 is 118 Å². The minimum absolute atomic E-state index is 0.00493. The fourth-order valence-corrected chi connectivity index (χ4v) is 12.4. The van der Waals surface area contributed by atoms with E-state index in [1.165, 1.54) is 18.7 Å². The summed E-state index contributed by atoms with van der Waals surface area (Å²) in [5.74, 6) is -19.5. The van der Waals surface area contributed by atoms with Crippen LogP contribution in [0.1, 0.15) is 199 Å². The van der Waals surface area contributed by atoms with Gasteiger partial charge in [0.2, 0.25) is 88.6 Å². The van der Waals surface area contributed by atoms with E-state index in [0.717, 1.165) is 0 Å². The smallest absolute Gasteiger partial charge is 0.326 e. The van der Waals surface area contributed by atoms with E-state index in [1.807, 2.05) is 6.26 Å². The van der Waals surface area contributed by atoms with Crippen LogP contribution in [-0.4, -0.2) is 262 Å². The standard InChI is InChI=1S/C76H139N21O21S/c1-15-43(12)60(74(116)84-44(13)61(103)85-49(25-27-57(101)102)66(108)95-59(42(10)11)73(115)92-53(35-40(6)7)68(110)96-58(41(8)9)72(114)89-50(75(117)118)22-17-19-30-78)97-69(111)52(34-39(4)5)91-71(113)55(37-99)94-64(106)47(23-20-31-83-76(81)82)87-63(105)46(21-16-18-29-77)86-65(107)48(24-26-56(80)100)88-67(109)51(33-38(2)3)90-70(112)54(36-98)93-62(104)45(79)28-32-119-14/h38-55,58-60,98-99H,15-37,77-79H2,1-14H3,(H2,80,100)(H,84,116)(H,85,103)(H,86,107)(H,87,105)(H,88,109)(H,89,114)(H,90,112)(H,91,113)(H,92,115)(H,93,104)(H,94,106)(H,95,108)(H,96,110)(H,97,111)(H,101,102)(H,117,118)(H4,81,82,83)/t43-,44-,45-,46-,47-,48-,49-,50-,51-,52-,53-,54-,55-,58-,59-,60-/m0/s1. The second kappa shape index (κ2) is 58.3. The molecule has 119 heavy (non-hydrogen) atoms. The van der Waals surface area contributed by atoms with E-state index in [2.05, 4.69) is 79.4 Å². The monoisotopic (exact) mass is 1710 g/mol. The van der Waals surface area contributed by atoms with Gasteiger partial charge in [0.05, 0.1) is 19.3 Å². The van der Waals surface area contributed by atoms with E-state index in [-0.39, 0.29) is 101 Å². The van der Waals surface area contributed by atoms with Gasteiger partial charge in [-0.1, -0.05) is 89.5 Å². The molecule has 0 aromatic carbocycles. The van der Waals surface area contributed by atoms with E-state index in [9.17, 15) is 102 Å². The highest BCUT2D eigenvalue weighted by molar-refractivity contribution is 7.98. The second-order valence-electron chi connectivity index (χ2n) is 31.6. The summed E-state index contributed by atoms with van der Waals surface area (Å²) in [6.07, 6.45) is 1.17. The van der Waals surface area contributed by atoms with Gasteiger partial charge in [-0.2, -0.15) is 11.8 Å². The van der Waals surface area contributed by atoms with Gasteiger partial charge in [-0.25, -0.2) is 4.79 Å². The summed E-state index contributed by atoms with van der Waals surface area (Å²) in [5.41, 5.74) is 33.9. The number of nitrogens with two attached hydrogens (primary N) is 6. The van der Waals surface area contributed by atoms with Crippen LogP contribution in [-0.2, 0) is 81.5 Å². The molecule has 42 nitrogen and oxygen atoms in total. The third kappa shape index (κ3) is 43.8. The number of hydrogen-bond donors (Lipinski definition) is 24. The quantitative estimate of drug-likeness (QED) is 0.0154. The molecular weight excluding hydrogens is 1580 g/mol. The Morgan fingerprint density at radius 2 is 0.681 bits per heavy atom. The fraction of sp³-hybridized carbons (Fsp3) is 0.763. The molecule has 0 aliphatic rings. The lowest BCUT2D eigenvalue weighted by atomic mass is 9.96. The highest BCUT2D eigenvalue weighted by atomic mass is 32.2. The summed E-state index contributed by atoms with van der Waals surface area (Å²) in [6, 6.07) is -21.9. The van der Waals surface area contributed by atoms with Crippen molar-refractivity contribution in [1.29, 1.82) is 0 Å². The number of hydrogen-bond acceptors (Lipinski definition) is 24. The van der Waals surface area contributed by atoms with E-state index < -0.39 is 248 Å². The van der Waals surface area contributed by atoms with Crippen molar-refractivity contribution in [3.8, 4) is 0 Å². The van der Waals surface area contributed by atoms with Crippen LogP contribution in [0.3, 0.4) is 0 Å². The predicted octanol–water partition coefficient (Wildman–Crippen LogP) is -5.12. The molecule has 0 unspecified atom stereocenters. The largest absolute Gasteiger partial charge is 0.481 e. The number of thioether (sulfide) groups is 1. The molecule has 15 amide bonds. The molecule has 30 N–H and O–H groups in total. The maximum Gasteiger partial charge on any atom is 0.326 e. The molecule has 0 saturated carbocycles. The molecule has 0 saturated heterocycles. The van der Waals surface area contributed by atoms with Crippen LogP contribution in [0.15, 0.2) is 4.99 Å². The third-order valence-electron chi connectivity index (χ3n) is 19.0. The van der Waals surface area contributed by atoms with Crippen molar-refractivity contribution in [2.45, 2.75) is 290 Å². The summed E-state index contributed by atoms with van der Waals surface area (Å²) in [6.45, 7) is 19.6. The van der Waals surface area contributed by atoms with E-state index in [1.54, 1.807) is 83.1 Å². The Morgan fingerprint density at radius 3 is 1.05 bits per heavy atom. The zero-order valence-electron chi connectivity index (χ0n) is 71.4. The number of carbonyl (C=O) groups is 17. The number of aliphatic hydroxyl groups is 2. The highest BCUT2D eigenvalue weighted by Gasteiger charge is 2.40. The number of rotatable bonds is 62. The van der Waals surface area contributed by atoms with E-state index in [0.29, 0.717) is 31.6 Å². The molecule has 0 heterocycles. The van der Waals surface area contributed by atoms with Crippen LogP contribution < -0.4 is 109 Å². The average molecular weight is 1720 g/mol. The summed E-state index contributed by atoms with van der Waals surface area (Å²) in [4.78, 5) is 237. The van der Waals surface area contributed by atoms with Gasteiger partial charge in [0.1, 0.15) is 84.6 Å². The molecule has 0 aliphatic heterocycles. The SMILES string of the molecule is CC[C@H](C)[C@H](NC(=O)[C@H](CC(C)C)NC(=O)[C@H](CO)NC(=O)[C@H](CCCN=C(N)N)NC(=O)[C@H](CCCCN)NC(=O)[C@H](CCC(N)=O)NC(=O)[C@H](CC(C)C)NC(=O)[C@H](CO)NC(=O)[C@@H](N)CCSC)C(=O)N[C@@H](C)C(=O)N[C@@H](CCC(=O)O)C(=O)N[C@H](C(=O)N[C@@H](CC(C)C)C(=O)N[C@H](C(=O)N[C@@H](CCCCN)C(=O)O)C(C)C)C(C)C. The number of nitrogens with one attached hydrogen (secondary N) is 14. The molecule has 0 aliphatic carbocycles. The number of amides is 15. The number of aliphatic imine (C=N–C) groups is 1. The van der Waals surface area contributed by atoms with Crippen LogP contribution >= 0.6 is 11.8 Å². The first-order chi connectivity index (χ1) is 55.7. The van der Waals surface area contributed by atoms with Gasteiger partial charge in [0.15, 0.2) is 5.96 Å². The average Bonchev–Trinajstić information content (AvgIpc) is 0.854. The Hall–Kier alpha value is -9.59. The summed E-state index contributed by atoms with van der Waals surface area (Å²) >= 11 is 1.43. The molecule has 0 bridgehead atoms. The highest BCUT2D eigenvalue weighted by Crippen LogP contribution is 2.17. The van der Waals surface area contributed by atoms with Crippen molar-refractivity contribution in [3.63, 3.8) is 0 Å². The first kappa shape index (κ1) is 109. The van der Waals surface area contributed by atoms with Crippen molar-refractivity contribution in [2.75, 3.05) is 44.9 Å². The van der Waals surface area contributed by atoms with Crippen LogP contribution in [0.4, 0.5) is 0 Å². The molecule has 43 heteroatoms. The third-order valence-corrected chi connectivity index (χ3v) is 19.6. The second-order valence-corrected chi connectivity index (χ2v) is 32.6. The zero-order chi connectivity index (χ0) is 91.1. The van der Waals surface area contributed by atoms with Gasteiger partial charge in [0, 0.05) is 19.4 Å². The first-order valence-electron chi connectivity index (χ1n) is 40.6. The number of nitrogens with zero attached hydrogens (tertiary/aromatic N) is 1. The number of aliphatic hydroxyl groups excluding tert-OH is 2. The maximum absolute atomic E-state index is 14.5. The molecular formula is C76H139N21O21S. The van der Waals surface area contributed by atoms with Crippen molar-refractivity contribution in [3.05, 3.63) is 0 Å². The molecule has 680 valence electrons. The Labute approximate surface area is 701 Å². The summed E-state index contributed by atoms with van der Waals surface area (Å²) in [7, 11) is 0. The Balaban J connectivity index is 7.06. The van der Waals surface area contributed by atoms with Gasteiger partial charge < -0.3 is 129 Å². The van der Waals surface area contributed by atoms with Crippen molar-refractivity contribution < 1.29 is 102 Å². The molecule has 0 radical (unpaired) electrons. The molecule has 0 aromatic heterocycles. The molecule has 0 rings (SSSR count). The molecule has 0 spiro atoms. The van der Waals surface area contributed by atoms with Crippen molar-refractivity contribution in [1.82, 2.24) is 74.4 Å². The zero-order valence-corrected chi connectivity index (χ0v) is 72.3. The lowest BCUT2D eigenvalue weighted by molar-refractivity contribution is -0.143. The van der Waals surface area contributed by atoms with Crippen LogP contribution in [0, 0.1) is 35.5 Å². The molecule has 0 fully saturated rings. The van der Waals surface area contributed by atoms with Gasteiger partial charge in [0.25, 0.3) is 0 Å². The number of carbonyl (C=O) groups excluding carboxylic acids is 15. The van der Waals surface area contributed by atoms with Gasteiger partial charge >= 0.3 is 11.9 Å². The molecule has 16 atom stereocenters. The van der Waals surface area contributed by atoms with Gasteiger partial charge in [-0.15, -0.1) is 0 Å². The Bertz CT molecular complexity index is 3330. The lowest BCUT2D eigenvalue weighted by Crippen LogP contribution is -2.62. The number of carboxylic acid groups (broad SMARTS) is 2.